The molecular weight excluding hydrogens is 292 g/mol. The molecule has 1 heterocycles. The molecule has 2 amide bonds. The van der Waals surface area contributed by atoms with Gasteiger partial charge < -0.3 is 15.0 Å². The summed E-state index contributed by atoms with van der Waals surface area (Å²) in [6.45, 7) is 1.53. The lowest BCUT2D eigenvalue weighted by molar-refractivity contribution is -0.133. The molecule has 1 saturated heterocycles. The maximum absolute atomic E-state index is 12.2. The second-order valence-corrected chi connectivity index (χ2v) is 6.47. The molecule has 23 heavy (non-hydrogen) atoms. The van der Waals surface area contributed by atoms with E-state index in [1.807, 2.05) is 29.2 Å². The first-order valence-electron chi connectivity index (χ1n) is 8.37. The number of likely N-dealkylation sites (tertiary alicyclic amines) is 1. The third-order valence-electron chi connectivity index (χ3n) is 4.60. The molecule has 2 fully saturated rings. The number of carbonyl (C=O) groups is 2. The number of hydrogen-bond donors (Lipinski definition) is 1. The number of nitrogens with one attached hydrogen (secondary N) is 1. The predicted molar refractivity (Wildman–Crippen MR) is 87.2 cm³/mol. The van der Waals surface area contributed by atoms with Crippen LogP contribution < -0.4 is 10.1 Å². The fourth-order valence-electron chi connectivity index (χ4n) is 3.08. The maximum atomic E-state index is 12.2. The minimum Gasteiger partial charge on any atom is -0.497 e. The van der Waals surface area contributed by atoms with E-state index in [2.05, 4.69) is 5.32 Å². The summed E-state index contributed by atoms with van der Waals surface area (Å²) in [6, 6.07) is 7.75. The van der Waals surface area contributed by atoms with Gasteiger partial charge in [-0.1, -0.05) is 12.1 Å². The Morgan fingerprint density at radius 1 is 1.22 bits per heavy atom. The predicted octanol–water partition coefficient (Wildman–Crippen LogP) is 1.75. The molecule has 0 radical (unpaired) electrons. The van der Waals surface area contributed by atoms with E-state index in [0.29, 0.717) is 12.3 Å². The minimum absolute atomic E-state index is 0.0326. The summed E-state index contributed by atoms with van der Waals surface area (Å²) in [5.74, 6) is 1.40. The van der Waals surface area contributed by atoms with Gasteiger partial charge in [0, 0.05) is 25.0 Å². The zero-order chi connectivity index (χ0) is 16.2. The molecule has 0 bridgehead atoms. The quantitative estimate of drug-likeness (QED) is 0.900. The lowest BCUT2D eigenvalue weighted by atomic mass is 10.0. The van der Waals surface area contributed by atoms with E-state index >= 15 is 0 Å². The molecule has 1 aromatic carbocycles. The van der Waals surface area contributed by atoms with Gasteiger partial charge >= 0.3 is 0 Å². The molecule has 0 spiro atoms. The van der Waals surface area contributed by atoms with Crippen LogP contribution in [-0.2, 0) is 16.0 Å². The third-order valence-corrected chi connectivity index (χ3v) is 4.60. The van der Waals surface area contributed by atoms with Crippen molar-refractivity contribution in [2.24, 2.45) is 5.92 Å². The molecule has 124 valence electrons. The Morgan fingerprint density at radius 3 is 2.61 bits per heavy atom. The highest BCUT2D eigenvalue weighted by Crippen LogP contribution is 2.31. The molecule has 1 aliphatic heterocycles. The van der Waals surface area contributed by atoms with Gasteiger partial charge in [0.2, 0.25) is 11.8 Å². The highest BCUT2D eigenvalue weighted by Gasteiger charge is 2.35. The molecule has 5 nitrogen and oxygen atoms in total. The number of piperidine rings is 1. The van der Waals surface area contributed by atoms with Crippen molar-refractivity contribution in [1.82, 2.24) is 10.2 Å². The Morgan fingerprint density at radius 2 is 1.96 bits per heavy atom. The fourth-order valence-corrected chi connectivity index (χ4v) is 3.08. The maximum Gasteiger partial charge on any atom is 0.225 e. The van der Waals surface area contributed by atoms with Crippen LogP contribution in [0.5, 0.6) is 5.75 Å². The number of nitrogens with zero attached hydrogens (tertiary/aromatic N) is 1. The van der Waals surface area contributed by atoms with Crippen molar-refractivity contribution in [1.29, 1.82) is 0 Å². The van der Waals surface area contributed by atoms with Crippen LogP contribution in [0.25, 0.3) is 0 Å². The van der Waals surface area contributed by atoms with Gasteiger partial charge in [-0.2, -0.15) is 0 Å². The summed E-state index contributed by atoms with van der Waals surface area (Å²) in [7, 11) is 1.62. The van der Waals surface area contributed by atoms with E-state index in [-0.39, 0.29) is 17.9 Å². The van der Waals surface area contributed by atoms with Gasteiger partial charge in [-0.3, -0.25) is 9.59 Å². The van der Waals surface area contributed by atoms with Gasteiger partial charge in [0.15, 0.2) is 0 Å². The Balaban J connectivity index is 1.44. The average molecular weight is 316 g/mol. The minimum atomic E-state index is 0.0326. The first kappa shape index (κ1) is 15.8. The summed E-state index contributed by atoms with van der Waals surface area (Å²) >= 11 is 0. The van der Waals surface area contributed by atoms with Crippen LogP contribution in [-0.4, -0.2) is 43.0 Å². The van der Waals surface area contributed by atoms with Gasteiger partial charge in [-0.25, -0.2) is 0 Å². The molecule has 5 heteroatoms. The number of amides is 2. The highest BCUT2D eigenvalue weighted by atomic mass is 16.5. The first-order valence-corrected chi connectivity index (χ1v) is 8.37. The van der Waals surface area contributed by atoms with Crippen molar-refractivity contribution in [2.75, 3.05) is 20.2 Å². The van der Waals surface area contributed by atoms with Crippen molar-refractivity contribution >= 4 is 11.8 Å². The molecule has 1 aromatic rings. The van der Waals surface area contributed by atoms with Crippen LogP contribution >= 0.6 is 0 Å². The first-order chi connectivity index (χ1) is 11.2. The Kier molecular flexibility index (Phi) is 4.84. The van der Waals surface area contributed by atoms with Gasteiger partial charge in [0.05, 0.1) is 13.5 Å². The van der Waals surface area contributed by atoms with E-state index in [0.717, 1.165) is 50.1 Å². The van der Waals surface area contributed by atoms with E-state index < -0.39 is 0 Å². The van der Waals surface area contributed by atoms with Gasteiger partial charge in [-0.15, -0.1) is 0 Å². The van der Waals surface area contributed by atoms with E-state index in [4.69, 9.17) is 4.74 Å². The summed E-state index contributed by atoms with van der Waals surface area (Å²) in [5.41, 5.74) is 0.947. The number of benzene rings is 1. The van der Waals surface area contributed by atoms with Crippen LogP contribution in [0.4, 0.5) is 0 Å². The Hall–Kier alpha value is -2.04. The van der Waals surface area contributed by atoms with Crippen LogP contribution in [0.3, 0.4) is 0 Å². The molecule has 1 aliphatic carbocycles. The lowest BCUT2D eigenvalue weighted by Crippen LogP contribution is -2.47. The lowest BCUT2D eigenvalue weighted by Gasteiger charge is -2.32. The molecular formula is C18H24N2O3. The van der Waals surface area contributed by atoms with E-state index in [1.54, 1.807) is 7.11 Å². The largest absolute Gasteiger partial charge is 0.497 e. The van der Waals surface area contributed by atoms with E-state index in [1.165, 1.54) is 0 Å². The van der Waals surface area contributed by atoms with Gasteiger partial charge in [-0.05, 0) is 43.4 Å². The number of hydrogen-bond acceptors (Lipinski definition) is 3. The van der Waals surface area contributed by atoms with Crippen molar-refractivity contribution in [3.63, 3.8) is 0 Å². The zero-order valence-electron chi connectivity index (χ0n) is 13.6. The second kappa shape index (κ2) is 7.02. The summed E-state index contributed by atoms with van der Waals surface area (Å²) in [4.78, 5) is 26.2. The number of methoxy groups -OCH3 is 1. The fraction of sp³-hybridized carbons (Fsp3) is 0.556. The Labute approximate surface area is 137 Å². The molecule has 0 aromatic heterocycles. The molecule has 2 aliphatic rings. The van der Waals surface area contributed by atoms with Crippen LogP contribution in [0.1, 0.15) is 31.2 Å². The molecule has 3 rings (SSSR count). The van der Waals surface area contributed by atoms with Crippen LogP contribution in [0, 0.1) is 5.92 Å². The molecule has 0 unspecified atom stereocenters. The van der Waals surface area contributed by atoms with E-state index in [9.17, 15) is 9.59 Å². The number of rotatable bonds is 5. The monoisotopic (exact) mass is 316 g/mol. The van der Waals surface area contributed by atoms with Crippen LogP contribution in [0.2, 0.25) is 0 Å². The molecule has 0 atom stereocenters. The normalized spacial score (nSPS) is 18.6. The van der Waals surface area contributed by atoms with Gasteiger partial charge in [0.1, 0.15) is 5.75 Å². The standard InChI is InChI=1S/C18H24N2O3/c1-23-16-4-2-3-13(11-16)12-17(21)19-15-7-9-20(10-8-15)18(22)14-5-6-14/h2-4,11,14-15H,5-10,12H2,1H3,(H,19,21). The van der Waals surface area contributed by atoms with Crippen molar-refractivity contribution in [2.45, 2.75) is 38.1 Å². The summed E-state index contributed by atoms with van der Waals surface area (Å²) in [6.07, 6.45) is 4.16. The van der Waals surface area contributed by atoms with Gasteiger partial charge in [0.25, 0.3) is 0 Å². The summed E-state index contributed by atoms with van der Waals surface area (Å²) in [5, 5.41) is 3.09. The molecule has 1 saturated carbocycles. The second-order valence-electron chi connectivity index (χ2n) is 6.47. The van der Waals surface area contributed by atoms with Crippen molar-refractivity contribution in [3.05, 3.63) is 29.8 Å². The smallest absolute Gasteiger partial charge is 0.225 e. The number of ether oxygens (including phenoxy) is 1. The Bertz CT molecular complexity index is 575. The SMILES string of the molecule is COc1cccc(CC(=O)NC2CCN(C(=O)C3CC3)CC2)c1. The highest BCUT2D eigenvalue weighted by molar-refractivity contribution is 5.81. The average Bonchev–Trinajstić information content (AvgIpc) is 3.40. The van der Waals surface area contributed by atoms with Crippen molar-refractivity contribution in [3.8, 4) is 5.75 Å². The van der Waals surface area contributed by atoms with Crippen molar-refractivity contribution < 1.29 is 14.3 Å². The third kappa shape index (κ3) is 4.24. The topological polar surface area (TPSA) is 58.6 Å². The van der Waals surface area contributed by atoms with Crippen LogP contribution in [0.15, 0.2) is 24.3 Å². The number of carbonyl (C=O) groups excluding carboxylic acids is 2. The summed E-state index contributed by atoms with van der Waals surface area (Å²) < 4.78 is 5.18. The molecule has 1 N–H and O–H groups in total. The zero-order valence-corrected chi connectivity index (χ0v) is 13.6.